The Labute approximate surface area is 157 Å². The van der Waals surface area contributed by atoms with Crippen LogP contribution in [0.2, 0.25) is 0 Å². The van der Waals surface area contributed by atoms with Gasteiger partial charge in [-0.15, -0.1) is 0 Å². The van der Waals surface area contributed by atoms with Crippen molar-refractivity contribution in [3.8, 4) is 17.3 Å². The van der Waals surface area contributed by atoms with E-state index >= 15 is 0 Å². The SMILES string of the molecule is CCCOc1ccc(CNc2ccc(-c3nc(C)c(C)c(=O)[nH]3)cn2)cn1. The maximum Gasteiger partial charge on any atom is 0.254 e. The Morgan fingerprint density at radius 2 is 1.96 bits per heavy atom. The number of aryl methyl sites for hydroxylation is 1. The number of nitrogens with one attached hydrogen (secondary N) is 2. The summed E-state index contributed by atoms with van der Waals surface area (Å²) in [5.41, 5.74) is 3.02. The molecule has 2 N–H and O–H groups in total. The highest BCUT2D eigenvalue weighted by molar-refractivity contribution is 5.56. The van der Waals surface area contributed by atoms with Crippen molar-refractivity contribution < 1.29 is 4.74 Å². The standard InChI is InChI=1S/C20H23N5O2/c1-4-9-27-18-8-5-15(11-23-18)10-21-17-7-6-16(12-22-17)19-24-14(3)13(2)20(26)25-19/h5-8,11-12H,4,9-10H2,1-3H3,(H,21,22)(H,24,25,26). The van der Waals surface area contributed by atoms with Crippen LogP contribution in [0, 0.1) is 13.8 Å². The molecule has 3 aromatic heterocycles. The fourth-order valence-electron chi connectivity index (χ4n) is 2.42. The molecule has 27 heavy (non-hydrogen) atoms. The van der Waals surface area contributed by atoms with E-state index in [2.05, 4.69) is 32.2 Å². The average Bonchev–Trinajstić information content (AvgIpc) is 2.69. The van der Waals surface area contributed by atoms with Crippen LogP contribution in [0.1, 0.15) is 30.2 Å². The minimum atomic E-state index is -0.126. The molecular weight excluding hydrogens is 342 g/mol. The molecule has 0 saturated heterocycles. The van der Waals surface area contributed by atoms with E-state index in [1.54, 1.807) is 19.3 Å². The van der Waals surface area contributed by atoms with Crippen LogP contribution >= 0.6 is 0 Å². The summed E-state index contributed by atoms with van der Waals surface area (Å²) in [5, 5.41) is 3.25. The lowest BCUT2D eigenvalue weighted by atomic mass is 10.2. The van der Waals surface area contributed by atoms with E-state index in [1.165, 1.54) is 0 Å². The lowest BCUT2D eigenvalue weighted by Gasteiger charge is -2.08. The summed E-state index contributed by atoms with van der Waals surface area (Å²) in [6.07, 6.45) is 4.43. The van der Waals surface area contributed by atoms with Crippen LogP contribution in [0.4, 0.5) is 5.82 Å². The lowest BCUT2D eigenvalue weighted by Crippen LogP contribution is -2.14. The van der Waals surface area contributed by atoms with Crippen LogP contribution in [0.5, 0.6) is 5.88 Å². The number of aromatic amines is 1. The average molecular weight is 365 g/mol. The summed E-state index contributed by atoms with van der Waals surface area (Å²) in [5.74, 6) is 1.89. The third kappa shape index (κ3) is 4.69. The molecule has 140 valence electrons. The number of hydrogen-bond acceptors (Lipinski definition) is 6. The van der Waals surface area contributed by atoms with Gasteiger partial charge in [-0.1, -0.05) is 13.0 Å². The molecule has 0 spiro atoms. The van der Waals surface area contributed by atoms with Crippen molar-refractivity contribution in [2.75, 3.05) is 11.9 Å². The molecule has 3 rings (SSSR count). The monoisotopic (exact) mass is 365 g/mol. The van der Waals surface area contributed by atoms with E-state index in [0.717, 1.165) is 29.1 Å². The van der Waals surface area contributed by atoms with Crippen LogP contribution in [-0.2, 0) is 6.54 Å². The van der Waals surface area contributed by atoms with Gasteiger partial charge in [0.25, 0.3) is 5.56 Å². The molecule has 0 saturated carbocycles. The highest BCUT2D eigenvalue weighted by Gasteiger charge is 2.06. The van der Waals surface area contributed by atoms with Gasteiger partial charge in [0, 0.05) is 41.8 Å². The van der Waals surface area contributed by atoms with Gasteiger partial charge in [0.15, 0.2) is 0 Å². The fourth-order valence-corrected chi connectivity index (χ4v) is 2.42. The van der Waals surface area contributed by atoms with Gasteiger partial charge in [0.2, 0.25) is 5.88 Å². The molecule has 0 atom stereocenters. The second kappa shape index (κ2) is 8.44. The van der Waals surface area contributed by atoms with E-state index in [-0.39, 0.29) is 5.56 Å². The Hall–Kier alpha value is -3.22. The molecule has 0 radical (unpaired) electrons. The largest absolute Gasteiger partial charge is 0.478 e. The smallest absolute Gasteiger partial charge is 0.254 e. The van der Waals surface area contributed by atoms with Crippen LogP contribution in [-0.4, -0.2) is 26.5 Å². The number of pyridine rings is 2. The van der Waals surface area contributed by atoms with E-state index in [1.807, 2.05) is 31.2 Å². The lowest BCUT2D eigenvalue weighted by molar-refractivity contribution is 0.305. The maximum atomic E-state index is 11.9. The minimum Gasteiger partial charge on any atom is -0.478 e. The topological polar surface area (TPSA) is 92.8 Å². The van der Waals surface area contributed by atoms with E-state index < -0.39 is 0 Å². The van der Waals surface area contributed by atoms with Crippen LogP contribution in [0.3, 0.4) is 0 Å². The molecule has 0 bridgehead atoms. The van der Waals surface area contributed by atoms with Crippen molar-refractivity contribution in [1.82, 2.24) is 19.9 Å². The van der Waals surface area contributed by atoms with Gasteiger partial charge in [-0.25, -0.2) is 15.0 Å². The Morgan fingerprint density at radius 1 is 1.11 bits per heavy atom. The van der Waals surface area contributed by atoms with E-state index in [9.17, 15) is 4.79 Å². The normalized spacial score (nSPS) is 10.6. The molecular formula is C20H23N5O2. The molecule has 0 aliphatic carbocycles. The molecule has 3 heterocycles. The summed E-state index contributed by atoms with van der Waals surface area (Å²) in [4.78, 5) is 27.8. The zero-order chi connectivity index (χ0) is 19.2. The highest BCUT2D eigenvalue weighted by Crippen LogP contribution is 2.16. The van der Waals surface area contributed by atoms with Crippen LogP contribution in [0.25, 0.3) is 11.4 Å². The number of aromatic nitrogens is 4. The van der Waals surface area contributed by atoms with Crippen molar-refractivity contribution in [2.24, 2.45) is 0 Å². The second-order valence-corrected chi connectivity index (χ2v) is 6.26. The van der Waals surface area contributed by atoms with Gasteiger partial charge in [-0.05, 0) is 38.0 Å². The third-order valence-corrected chi connectivity index (χ3v) is 4.16. The van der Waals surface area contributed by atoms with Crippen molar-refractivity contribution in [3.63, 3.8) is 0 Å². The number of rotatable bonds is 7. The summed E-state index contributed by atoms with van der Waals surface area (Å²) in [6, 6.07) is 7.58. The van der Waals surface area contributed by atoms with Gasteiger partial charge in [0.05, 0.1) is 6.61 Å². The van der Waals surface area contributed by atoms with Gasteiger partial charge in [-0.3, -0.25) is 4.79 Å². The number of hydrogen-bond donors (Lipinski definition) is 2. The summed E-state index contributed by atoms with van der Waals surface area (Å²) >= 11 is 0. The van der Waals surface area contributed by atoms with Gasteiger partial charge in [-0.2, -0.15) is 0 Å². The van der Waals surface area contributed by atoms with Crippen LogP contribution < -0.4 is 15.6 Å². The first-order chi connectivity index (χ1) is 13.1. The highest BCUT2D eigenvalue weighted by atomic mass is 16.5. The molecule has 0 aliphatic rings. The van der Waals surface area contributed by atoms with Gasteiger partial charge >= 0.3 is 0 Å². The Kier molecular flexibility index (Phi) is 5.80. The fraction of sp³-hybridized carbons (Fsp3) is 0.300. The van der Waals surface area contributed by atoms with E-state index in [0.29, 0.717) is 30.4 Å². The first-order valence-electron chi connectivity index (χ1n) is 8.92. The molecule has 0 aliphatic heterocycles. The Bertz CT molecular complexity index is 950. The molecule has 3 aromatic rings. The zero-order valence-corrected chi connectivity index (χ0v) is 15.7. The van der Waals surface area contributed by atoms with E-state index in [4.69, 9.17) is 4.74 Å². The van der Waals surface area contributed by atoms with Crippen molar-refractivity contribution >= 4 is 5.82 Å². The predicted molar refractivity (Wildman–Crippen MR) is 105 cm³/mol. The molecule has 0 aromatic carbocycles. The predicted octanol–water partition coefficient (Wildman–Crippen LogP) is 3.24. The van der Waals surface area contributed by atoms with Crippen molar-refractivity contribution in [2.45, 2.75) is 33.7 Å². The van der Waals surface area contributed by atoms with Gasteiger partial charge < -0.3 is 15.0 Å². The summed E-state index contributed by atoms with van der Waals surface area (Å²) < 4.78 is 5.48. The second-order valence-electron chi connectivity index (χ2n) is 6.26. The molecule has 7 nitrogen and oxygen atoms in total. The minimum absolute atomic E-state index is 0.126. The third-order valence-electron chi connectivity index (χ3n) is 4.16. The first-order valence-corrected chi connectivity index (χ1v) is 8.92. The number of H-pyrrole nitrogens is 1. The molecule has 7 heteroatoms. The number of nitrogens with zero attached hydrogens (tertiary/aromatic N) is 3. The zero-order valence-electron chi connectivity index (χ0n) is 15.7. The van der Waals surface area contributed by atoms with Crippen LogP contribution in [0.15, 0.2) is 41.5 Å². The molecule has 0 fully saturated rings. The summed E-state index contributed by atoms with van der Waals surface area (Å²) in [6.45, 7) is 6.91. The quantitative estimate of drug-likeness (QED) is 0.668. The Morgan fingerprint density at radius 3 is 2.59 bits per heavy atom. The molecule has 0 amide bonds. The van der Waals surface area contributed by atoms with Crippen molar-refractivity contribution in [3.05, 3.63) is 63.8 Å². The first kappa shape index (κ1) is 18.6. The Balaban J connectivity index is 1.63. The summed E-state index contributed by atoms with van der Waals surface area (Å²) in [7, 11) is 0. The molecule has 0 unspecified atom stereocenters. The number of ether oxygens (including phenoxy) is 1. The van der Waals surface area contributed by atoms with Crippen molar-refractivity contribution in [1.29, 1.82) is 0 Å². The number of anilines is 1. The van der Waals surface area contributed by atoms with Gasteiger partial charge in [0.1, 0.15) is 11.6 Å². The maximum absolute atomic E-state index is 11.9.